The molecule has 0 heterocycles. The van der Waals surface area contributed by atoms with Gasteiger partial charge in [0.1, 0.15) is 6.04 Å². The molecule has 0 aliphatic heterocycles. The zero-order valence-corrected chi connectivity index (χ0v) is 5.07. The zero-order valence-electron chi connectivity index (χ0n) is 5.07. The van der Waals surface area contributed by atoms with Crippen LogP contribution in [0.15, 0.2) is 0 Å². The van der Waals surface area contributed by atoms with Gasteiger partial charge in [0.05, 0.1) is 6.42 Å². The molecular formula is C4H10NNaO5. The Balaban J connectivity index is -0.000000320. The third kappa shape index (κ3) is 9.86. The molecule has 62 valence electrons. The Morgan fingerprint density at radius 3 is 1.82 bits per heavy atom. The van der Waals surface area contributed by atoms with E-state index in [-0.39, 0.29) is 35.0 Å². The van der Waals surface area contributed by atoms with Crippen LogP contribution in [0.4, 0.5) is 0 Å². The van der Waals surface area contributed by atoms with E-state index in [1.807, 2.05) is 0 Å². The van der Waals surface area contributed by atoms with E-state index in [2.05, 4.69) is 0 Å². The minimum atomic E-state index is -1.29. The first-order valence-corrected chi connectivity index (χ1v) is 2.24. The second-order valence-electron chi connectivity index (χ2n) is 1.54. The number of carboxylic acids is 2. The second kappa shape index (κ2) is 7.96. The van der Waals surface area contributed by atoms with Gasteiger partial charge in [-0.15, -0.1) is 0 Å². The molecule has 0 aromatic carbocycles. The fourth-order valence-electron chi connectivity index (χ4n) is 0.275. The van der Waals surface area contributed by atoms with Gasteiger partial charge < -0.3 is 21.4 Å². The Morgan fingerprint density at radius 2 is 1.73 bits per heavy atom. The normalized spacial score (nSPS) is 10.3. The first kappa shape index (κ1) is 17.1. The van der Waals surface area contributed by atoms with Crippen molar-refractivity contribution >= 4 is 41.5 Å². The first-order valence-electron chi connectivity index (χ1n) is 2.24. The van der Waals surface area contributed by atoms with Crippen LogP contribution in [0.2, 0.25) is 0 Å². The van der Waals surface area contributed by atoms with Crippen molar-refractivity contribution in [2.45, 2.75) is 12.5 Å². The molecule has 0 aromatic rings. The van der Waals surface area contributed by atoms with E-state index in [9.17, 15) is 9.59 Å². The molecule has 0 saturated heterocycles. The molecule has 0 fully saturated rings. The van der Waals surface area contributed by atoms with E-state index >= 15 is 0 Å². The number of rotatable bonds is 3. The number of hydrogen-bond acceptors (Lipinski definition) is 3. The predicted octanol–water partition coefficient (Wildman–Crippen LogP) is -2.60. The Morgan fingerprint density at radius 1 is 1.36 bits per heavy atom. The number of nitrogens with two attached hydrogens (primary N) is 1. The molecule has 6 N–H and O–H groups in total. The molecule has 1 unspecified atom stereocenters. The van der Waals surface area contributed by atoms with E-state index in [1.54, 1.807) is 0 Å². The molecule has 7 heteroatoms. The SMILES string of the molecule is NC(CC(=O)O)C(=O)O.O.[NaH]. The summed E-state index contributed by atoms with van der Waals surface area (Å²) in [5.74, 6) is -2.50. The van der Waals surface area contributed by atoms with Crippen LogP contribution >= 0.6 is 0 Å². The maximum atomic E-state index is 9.85. The summed E-state index contributed by atoms with van der Waals surface area (Å²) >= 11 is 0. The average Bonchev–Trinajstić information content (AvgIpc) is 1.63. The average molecular weight is 175 g/mol. The van der Waals surface area contributed by atoms with Crippen molar-refractivity contribution in [2.75, 3.05) is 0 Å². The molecule has 0 aliphatic carbocycles. The number of hydrogen-bond donors (Lipinski definition) is 3. The molecule has 0 rings (SSSR count). The van der Waals surface area contributed by atoms with Gasteiger partial charge in [0.2, 0.25) is 0 Å². The van der Waals surface area contributed by atoms with Crippen LogP contribution in [-0.4, -0.2) is 63.2 Å². The summed E-state index contributed by atoms with van der Waals surface area (Å²) in [7, 11) is 0. The standard InChI is InChI=1S/C4H7NO4.Na.H2O.H/c5-2(4(8)9)1-3(6)7;;;/h2H,1,5H2,(H,6,7)(H,8,9);;1H2;. The molecule has 0 aliphatic rings. The van der Waals surface area contributed by atoms with Gasteiger partial charge in [-0.3, -0.25) is 9.59 Å². The number of aliphatic carboxylic acids is 2. The van der Waals surface area contributed by atoms with Crippen molar-refractivity contribution in [1.29, 1.82) is 0 Å². The van der Waals surface area contributed by atoms with Crippen molar-refractivity contribution < 1.29 is 25.3 Å². The summed E-state index contributed by atoms with van der Waals surface area (Å²) in [6.45, 7) is 0. The first-order chi connectivity index (χ1) is 4.04. The van der Waals surface area contributed by atoms with Gasteiger partial charge in [-0.1, -0.05) is 0 Å². The Bertz CT molecular complexity index is 138. The van der Waals surface area contributed by atoms with E-state index in [0.717, 1.165) is 0 Å². The molecule has 0 aromatic heterocycles. The molecule has 1 atom stereocenters. The van der Waals surface area contributed by atoms with Gasteiger partial charge in [0.15, 0.2) is 0 Å². The van der Waals surface area contributed by atoms with Crippen LogP contribution in [0, 0.1) is 0 Å². The van der Waals surface area contributed by atoms with Gasteiger partial charge >= 0.3 is 41.5 Å². The van der Waals surface area contributed by atoms with Crippen molar-refractivity contribution in [3.8, 4) is 0 Å². The summed E-state index contributed by atoms with van der Waals surface area (Å²) in [5, 5.41) is 16.0. The van der Waals surface area contributed by atoms with Gasteiger partial charge in [-0.05, 0) is 0 Å². The quantitative estimate of drug-likeness (QED) is 0.404. The zero-order chi connectivity index (χ0) is 7.44. The molecule has 6 nitrogen and oxygen atoms in total. The molecule has 11 heavy (non-hydrogen) atoms. The van der Waals surface area contributed by atoms with E-state index in [0.29, 0.717) is 0 Å². The Kier molecular flexibility index (Phi) is 12.4. The topological polar surface area (TPSA) is 132 Å². The van der Waals surface area contributed by atoms with Gasteiger partial charge in [0, 0.05) is 0 Å². The van der Waals surface area contributed by atoms with Gasteiger partial charge in [0.25, 0.3) is 0 Å². The van der Waals surface area contributed by atoms with Crippen LogP contribution in [0.1, 0.15) is 6.42 Å². The van der Waals surface area contributed by atoms with Crippen LogP contribution in [0.5, 0.6) is 0 Å². The van der Waals surface area contributed by atoms with Crippen molar-refractivity contribution in [1.82, 2.24) is 0 Å². The minimum absolute atomic E-state index is 0. The Hall–Kier alpha value is -0.140. The summed E-state index contributed by atoms with van der Waals surface area (Å²) in [6, 6.07) is -1.29. The number of carboxylic acid groups (broad SMARTS) is 2. The summed E-state index contributed by atoms with van der Waals surface area (Å²) < 4.78 is 0. The maximum absolute atomic E-state index is 9.85. The number of carbonyl (C=O) groups is 2. The third-order valence-corrected chi connectivity index (χ3v) is 0.712. The molecule has 0 saturated carbocycles. The van der Waals surface area contributed by atoms with Gasteiger partial charge in [-0.25, -0.2) is 0 Å². The van der Waals surface area contributed by atoms with E-state index < -0.39 is 24.4 Å². The predicted molar refractivity (Wildman–Crippen MR) is 38.6 cm³/mol. The Labute approximate surface area is 85.0 Å². The van der Waals surface area contributed by atoms with Crippen molar-refractivity contribution in [2.24, 2.45) is 5.73 Å². The molecule has 0 spiro atoms. The molecular weight excluding hydrogens is 165 g/mol. The summed E-state index contributed by atoms with van der Waals surface area (Å²) in [4.78, 5) is 19.6. The van der Waals surface area contributed by atoms with Crippen LogP contribution < -0.4 is 5.73 Å². The van der Waals surface area contributed by atoms with Crippen LogP contribution in [-0.2, 0) is 9.59 Å². The summed E-state index contributed by atoms with van der Waals surface area (Å²) in [6.07, 6.45) is -0.532. The fourth-order valence-corrected chi connectivity index (χ4v) is 0.275. The van der Waals surface area contributed by atoms with Gasteiger partial charge in [-0.2, -0.15) is 0 Å². The van der Waals surface area contributed by atoms with Crippen molar-refractivity contribution in [3.63, 3.8) is 0 Å². The van der Waals surface area contributed by atoms with E-state index in [4.69, 9.17) is 15.9 Å². The van der Waals surface area contributed by atoms with Crippen molar-refractivity contribution in [3.05, 3.63) is 0 Å². The third-order valence-electron chi connectivity index (χ3n) is 0.712. The fraction of sp³-hybridized carbons (Fsp3) is 0.500. The second-order valence-corrected chi connectivity index (χ2v) is 1.54. The van der Waals surface area contributed by atoms with E-state index in [1.165, 1.54) is 0 Å². The summed E-state index contributed by atoms with van der Waals surface area (Å²) in [5.41, 5.74) is 4.84. The molecule has 0 bridgehead atoms. The van der Waals surface area contributed by atoms with Crippen LogP contribution in [0.3, 0.4) is 0 Å². The van der Waals surface area contributed by atoms with Crippen LogP contribution in [0.25, 0.3) is 0 Å². The molecule has 0 amide bonds. The monoisotopic (exact) mass is 175 g/mol. The molecule has 0 radical (unpaired) electrons.